The van der Waals surface area contributed by atoms with Crippen molar-refractivity contribution in [3.8, 4) is 11.5 Å². The van der Waals surface area contributed by atoms with E-state index in [0.717, 1.165) is 28.2 Å². The summed E-state index contributed by atoms with van der Waals surface area (Å²) in [7, 11) is 0. The number of rotatable bonds is 10. The van der Waals surface area contributed by atoms with Crippen LogP contribution in [0.2, 0.25) is 0 Å². The van der Waals surface area contributed by atoms with Crippen LogP contribution in [0.1, 0.15) is 35.3 Å². The van der Waals surface area contributed by atoms with Crippen molar-refractivity contribution in [1.29, 1.82) is 0 Å². The SMILES string of the molecule is CCOc1cc(CNC[C@@H](O)c2ccccc2)ccc1OCc1cccc(C)c1. The van der Waals surface area contributed by atoms with Gasteiger partial charge in [-0.1, -0.05) is 66.2 Å². The summed E-state index contributed by atoms with van der Waals surface area (Å²) in [5, 5.41) is 13.6. The molecule has 3 aromatic rings. The quantitative estimate of drug-likeness (QED) is 0.521. The molecule has 0 saturated heterocycles. The molecule has 29 heavy (non-hydrogen) atoms. The molecule has 4 nitrogen and oxygen atoms in total. The summed E-state index contributed by atoms with van der Waals surface area (Å²) >= 11 is 0. The van der Waals surface area contributed by atoms with E-state index in [0.29, 0.717) is 26.3 Å². The molecule has 0 unspecified atom stereocenters. The lowest BCUT2D eigenvalue weighted by Gasteiger charge is -2.15. The Bertz CT molecular complexity index is 896. The zero-order valence-electron chi connectivity index (χ0n) is 17.1. The van der Waals surface area contributed by atoms with Crippen molar-refractivity contribution in [1.82, 2.24) is 5.32 Å². The van der Waals surface area contributed by atoms with Gasteiger partial charge in [0.15, 0.2) is 11.5 Å². The average molecular weight is 392 g/mol. The Hall–Kier alpha value is -2.82. The van der Waals surface area contributed by atoms with E-state index in [1.807, 2.05) is 61.5 Å². The highest BCUT2D eigenvalue weighted by molar-refractivity contribution is 5.43. The molecule has 0 aliphatic carbocycles. The summed E-state index contributed by atoms with van der Waals surface area (Å²) in [6.07, 6.45) is -0.528. The van der Waals surface area contributed by atoms with Crippen molar-refractivity contribution in [2.45, 2.75) is 33.1 Å². The predicted octanol–water partition coefficient (Wildman–Crippen LogP) is 4.80. The van der Waals surface area contributed by atoms with Crippen LogP contribution in [0.15, 0.2) is 72.8 Å². The zero-order valence-corrected chi connectivity index (χ0v) is 17.1. The van der Waals surface area contributed by atoms with Gasteiger partial charge in [0.05, 0.1) is 12.7 Å². The second kappa shape index (κ2) is 10.6. The normalized spacial score (nSPS) is 11.8. The minimum absolute atomic E-state index is 0.486. The second-order valence-electron chi connectivity index (χ2n) is 7.05. The molecule has 3 rings (SSSR count). The first kappa shape index (κ1) is 20.9. The molecule has 0 heterocycles. The van der Waals surface area contributed by atoms with Gasteiger partial charge in [-0.05, 0) is 42.7 Å². The van der Waals surface area contributed by atoms with Gasteiger partial charge in [0.2, 0.25) is 0 Å². The number of hydrogen-bond acceptors (Lipinski definition) is 4. The van der Waals surface area contributed by atoms with Crippen LogP contribution in [-0.2, 0) is 13.2 Å². The maximum atomic E-state index is 10.3. The lowest BCUT2D eigenvalue weighted by molar-refractivity contribution is 0.174. The lowest BCUT2D eigenvalue weighted by atomic mass is 10.1. The maximum absolute atomic E-state index is 10.3. The van der Waals surface area contributed by atoms with E-state index < -0.39 is 6.10 Å². The Balaban J connectivity index is 1.58. The van der Waals surface area contributed by atoms with E-state index in [2.05, 4.69) is 30.4 Å². The van der Waals surface area contributed by atoms with Gasteiger partial charge >= 0.3 is 0 Å². The average Bonchev–Trinajstić information content (AvgIpc) is 2.74. The molecule has 0 aliphatic rings. The van der Waals surface area contributed by atoms with E-state index in [1.54, 1.807) is 0 Å². The first-order chi connectivity index (χ1) is 14.2. The summed E-state index contributed by atoms with van der Waals surface area (Å²) in [6, 6.07) is 23.9. The smallest absolute Gasteiger partial charge is 0.161 e. The van der Waals surface area contributed by atoms with Gasteiger partial charge in [0.1, 0.15) is 6.61 Å². The van der Waals surface area contributed by atoms with Crippen LogP contribution < -0.4 is 14.8 Å². The number of aryl methyl sites for hydroxylation is 1. The lowest BCUT2D eigenvalue weighted by Crippen LogP contribution is -2.21. The largest absolute Gasteiger partial charge is 0.490 e. The first-order valence-corrected chi connectivity index (χ1v) is 10.0. The molecule has 0 aromatic heterocycles. The fourth-order valence-electron chi connectivity index (χ4n) is 3.16. The molecule has 0 fully saturated rings. The first-order valence-electron chi connectivity index (χ1n) is 10.0. The van der Waals surface area contributed by atoms with Crippen LogP contribution in [0.4, 0.5) is 0 Å². The third-order valence-electron chi connectivity index (χ3n) is 4.64. The monoisotopic (exact) mass is 391 g/mol. The van der Waals surface area contributed by atoms with Gasteiger partial charge in [-0.15, -0.1) is 0 Å². The van der Waals surface area contributed by atoms with E-state index in [1.165, 1.54) is 5.56 Å². The summed E-state index contributed by atoms with van der Waals surface area (Å²) in [6.45, 7) is 6.24. The third kappa shape index (κ3) is 6.34. The fraction of sp³-hybridized carbons (Fsp3) is 0.280. The minimum atomic E-state index is -0.528. The summed E-state index contributed by atoms with van der Waals surface area (Å²) in [5.41, 5.74) is 4.34. The molecule has 0 aliphatic heterocycles. The van der Waals surface area contributed by atoms with Gasteiger partial charge in [0, 0.05) is 13.1 Å². The highest BCUT2D eigenvalue weighted by Gasteiger charge is 2.09. The number of benzene rings is 3. The van der Waals surface area contributed by atoms with Crippen LogP contribution in [-0.4, -0.2) is 18.3 Å². The highest BCUT2D eigenvalue weighted by Crippen LogP contribution is 2.29. The molecule has 0 saturated carbocycles. The molecule has 2 N–H and O–H groups in total. The highest BCUT2D eigenvalue weighted by atomic mass is 16.5. The topological polar surface area (TPSA) is 50.7 Å². The summed E-state index contributed by atoms with van der Waals surface area (Å²) in [4.78, 5) is 0. The number of aliphatic hydroxyl groups excluding tert-OH is 1. The van der Waals surface area contributed by atoms with Crippen LogP contribution in [0, 0.1) is 6.92 Å². The van der Waals surface area contributed by atoms with Gasteiger partial charge in [-0.2, -0.15) is 0 Å². The summed E-state index contributed by atoms with van der Waals surface area (Å²) < 4.78 is 11.8. The van der Waals surface area contributed by atoms with Crippen molar-refractivity contribution in [3.05, 3.63) is 95.1 Å². The zero-order chi connectivity index (χ0) is 20.5. The van der Waals surface area contributed by atoms with Crippen molar-refractivity contribution < 1.29 is 14.6 Å². The van der Waals surface area contributed by atoms with Crippen molar-refractivity contribution >= 4 is 0 Å². The van der Waals surface area contributed by atoms with Gasteiger partial charge < -0.3 is 19.9 Å². The van der Waals surface area contributed by atoms with Crippen LogP contribution in [0.5, 0.6) is 11.5 Å². The second-order valence-corrected chi connectivity index (χ2v) is 7.05. The van der Waals surface area contributed by atoms with E-state index in [9.17, 15) is 5.11 Å². The van der Waals surface area contributed by atoms with E-state index >= 15 is 0 Å². The molecule has 3 aromatic carbocycles. The molecule has 4 heteroatoms. The minimum Gasteiger partial charge on any atom is -0.490 e. The molecule has 1 atom stereocenters. The van der Waals surface area contributed by atoms with Gasteiger partial charge in [0.25, 0.3) is 0 Å². The van der Waals surface area contributed by atoms with Gasteiger partial charge in [-0.25, -0.2) is 0 Å². The number of hydrogen-bond donors (Lipinski definition) is 2. The van der Waals surface area contributed by atoms with Crippen molar-refractivity contribution in [3.63, 3.8) is 0 Å². The Morgan fingerprint density at radius 2 is 1.69 bits per heavy atom. The molecule has 0 spiro atoms. The molecule has 152 valence electrons. The Kier molecular flexibility index (Phi) is 7.68. The predicted molar refractivity (Wildman–Crippen MR) is 116 cm³/mol. The Morgan fingerprint density at radius 3 is 2.45 bits per heavy atom. The molecular formula is C25H29NO3. The summed E-state index contributed by atoms with van der Waals surface area (Å²) in [5.74, 6) is 1.48. The Labute approximate surface area is 173 Å². The number of ether oxygens (including phenoxy) is 2. The van der Waals surface area contributed by atoms with Crippen LogP contribution in [0.25, 0.3) is 0 Å². The number of aliphatic hydroxyl groups is 1. The van der Waals surface area contributed by atoms with Crippen molar-refractivity contribution in [2.24, 2.45) is 0 Å². The molecule has 0 bridgehead atoms. The van der Waals surface area contributed by atoms with E-state index in [-0.39, 0.29) is 0 Å². The molecule has 0 amide bonds. The van der Waals surface area contributed by atoms with Crippen LogP contribution >= 0.6 is 0 Å². The maximum Gasteiger partial charge on any atom is 0.161 e. The fourth-order valence-corrected chi connectivity index (χ4v) is 3.16. The third-order valence-corrected chi connectivity index (χ3v) is 4.64. The molecular weight excluding hydrogens is 362 g/mol. The van der Waals surface area contributed by atoms with Gasteiger partial charge in [-0.3, -0.25) is 0 Å². The standard InChI is InChI=1S/C25H29NO3/c1-3-28-25-15-20(16-26-17-23(27)22-10-5-4-6-11-22)12-13-24(25)29-18-21-9-7-8-19(2)14-21/h4-15,23,26-27H,3,16-18H2,1-2H3/t23-/m1/s1. The van der Waals surface area contributed by atoms with Crippen LogP contribution in [0.3, 0.4) is 0 Å². The molecule has 0 radical (unpaired) electrons. The Morgan fingerprint density at radius 1 is 0.862 bits per heavy atom. The number of nitrogens with one attached hydrogen (secondary N) is 1. The van der Waals surface area contributed by atoms with E-state index in [4.69, 9.17) is 9.47 Å². The van der Waals surface area contributed by atoms with Crippen molar-refractivity contribution in [2.75, 3.05) is 13.2 Å².